The third kappa shape index (κ3) is 5.61. The van der Waals surface area contributed by atoms with E-state index in [2.05, 4.69) is 37.4 Å². The van der Waals surface area contributed by atoms with Crippen LogP contribution in [-0.4, -0.2) is 39.8 Å². The van der Waals surface area contributed by atoms with Crippen LogP contribution < -0.4 is 10.1 Å². The van der Waals surface area contributed by atoms with Crippen molar-refractivity contribution in [1.82, 2.24) is 9.62 Å². The number of carbonyl (C=O) groups is 1. The highest BCUT2D eigenvalue weighted by atomic mass is 32.2. The number of sulfonamides is 1. The van der Waals surface area contributed by atoms with Gasteiger partial charge in [0.1, 0.15) is 5.75 Å². The average molecular weight is 433 g/mol. The number of carbonyl (C=O) groups excluding carboxylic acids is 1. The van der Waals surface area contributed by atoms with Gasteiger partial charge in [-0.05, 0) is 67.1 Å². The first-order valence-electron chi connectivity index (χ1n) is 10.1. The van der Waals surface area contributed by atoms with Gasteiger partial charge in [-0.15, -0.1) is 0 Å². The number of hydrogen-bond donors (Lipinski definition) is 1. The van der Waals surface area contributed by atoms with Crippen LogP contribution in [0.1, 0.15) is 48.1 Å². The lowest BCUT2D eigenvalue weighted by atomic mass is 9.99. The van der Waals surface area contributed by atoms with E-state index < -0.39 is 10.0 Å². The van der Waals surface area contributed by atoms with Crippen molar-refractivity contribution >= 4 is 15.9 Å². The molecule has 2 rings (SSSR count). The molecule has 1 amide bonds. The Morgan fingerprint density at radius 2 is 1.80 bits per heavy atom. The molecule has 6 nitrogen and oxygen atoms in total. The van der Waals surface area contributed by atoms with E-state index in [-0.39, 0.29) is 23.3 Å². The third-order valence-electron chi connectivity index (χ3n) is 5.33. The van der Waals surface area contributed by atoms with Crippen molar-refractivity contribution in [3.05, 3.63) is 58.7 Å². The zero-order chi connectivity index (χ0) is 22.5. The summed E-state index contributed by atoms with van der Waals surface area (Å²) < 4.78 is 31.4. The lowest BCUT2D eigenvalue weighted by Crippen LogP contribution is -2.28. The monoisotopic (exact) mass is 432 g/mol. The Balaban J connectivity index is 2.13. The summed E-state index contributed by atoms with van der Waals surface area (Å²) in [6.45, 7) is 6.17. The molecule has 0 unspecified atom stereocenters. The van der Waals surface area contributed by atoms with Crippen LogP contribution in [0.2, 0.25) is 0 Å². The van der Waals surface area contributed by atoms with Crippen LogP contribution in [0.25, 0.3) is 0 Å². The van der Waals surface area contributed by atoms with Gasteiger partial charge in [-0.2, -0.15) is 0 Å². The summed E-state index contributed by atoms with van der Waals surface area (Å²) in [7, 11) is 0.962. The lowest BCUT2D eigenvalue weighted by Gasteiger charge is -2.19. The molecule has 0 spiro atoms. The van der Waals surface area contributed by atoms with Crippen LogP contribution in [-0.2, 0) is 21.2 Å². The summed E-state index contributed by atoms with van der Waals surface area (Å²) in [5, 5.41) is 3.09. The average Bonchev–Trinajstić information content (AvgIpc) is 2.72. The number of hydrogen-bond acceptors (Lipinski definition) is 4. The van der Waals surface area contributed by atoms with Crippen molar-refractivity contribution in [3.8, 4) is 5.75 Å². The molecule has 1 N–H and O–H groups in total. The Bertz CT molecular complexity index is 1000. The molecule has 0 radical (unpaired) electrons. The molecule has 0 bridgehead atoms. The van der Waals surface area contributed by atoms with Gasteiger partial charge in [0.25, 0.3) is 0 Å². The van der Waals surface area contributed by atoms with E-state index in [1.54, 1.807) is 12.1 Å². The molecule has 30 heavy (non-hydrogen) atoms. The van der Waals surface area contributed by atoms with E-state index >= 15 is 0 Å². The van der Waals surface area contributed by atoms with Crippen molar-refractivity contribution in [2.75, 3.05) is 21.2 Å². The highest BCUT2D eigenvalue weighted by molar-refractivity contribution is 7.89. The first kappa shape index (κ1) is 23.9. The predicted octanol–water partition coefficient (Wildman–Crippen LogP) is 3.76. The topological polar surface area (TPSA) is 75.7 Å². The van der Waals surface area contributed by atoms with Gasteiger partial charge < -0.3 is 10.1 Å². The second kappa shape index (κ2) is 10.1. The number of nitrogens with zero attached hydrogens (tertiary/aromatic N) is 1. The van der Waals surface area contributed by atoms with Crippen molar-refractivity contribution in [1.29, 1.82) is 0 Å². The standard InChI is InChI=1S/C23H32N2O4S/c1-7-21(18-9-8-16(2)17(3)14-18)24-23(26)13-10-19-15-20(11-12-22(19)29-6)30(27,28)25(4)5/h8-9,11-12,14-15,21H,7,10,13H2,1-6H3,(H,24,26)/t21-/m1/s1. The number of methoxy groups -OCH3 is 1. The highest BCUT2D eigenvalue weighted by Crippen LogP contribution is 2.25. The van der Waals surface area contributed by atoms with Crippen LogP contribution >= 0.6 is 0 Å². The fourth-order valence-electron chi connectivity index (χ4n) is 3.24. The van der Waals surface area contributed by atoms with E-state index in [0.717, 1.165) is 12.0 Å². The lowest BCUT2D eigenvalue weighted by molar-refractivity contribution is -0.121. The van der Waals surface area contributed by atoms with E-state index in [9.17, 15) is 13.2 Å². The van der Waals surface area contributed by atoms with E-state index in [4.69, 9.17) is 4.74 Å². The largest absolute Gasteiger partial charge is 0.496 e. The highest BCUT2D eigenvalue weighted by Gasteiger charge is 2.20. The first-order valence-corrected chi connectivity index (χ1v) is 11.5. The third-order valence-corrected chi connectivity index (χ3v) is 7.14. The molecule has 0 saturated heterocycles. The Morgan fingerprint density at radius 1 is 1.10 bits per heavy atom. The second-order valence-corrected chi connectivity index (χ2v) is 9.78. The minimum atomic E-state index is -3.55. The number of aryl methyl sites for hydroxylation is 3. The van der Waals surface area contributed by atoms with Crippen molar-refractivity contribution in [3.63, 3.8) is 0 Å². The number of ether oxygens (including phenoxy) is 1. The molecule has 0 aliphatic rings. The van der Waals surface area contributed by atoms with E-state index in [1.807, 2.05) is 6.92 Å². The number of amides is 1. The second-order valence-electron chi connectivity index (χ2n) is 7.63. The van der Waals surface area contributed by atoms with Crippen LogP contribution in [0.3, 0.4) is 0 Å². The smallest absolute Gasteiger partial charge is 0.242 e. The molecule has 2 aromatic carbocycles. The summed E-state index contributed by atoms with van der Waals surface area (Å²) in [5.74, 6) is 0.490. The van der Waals surface area contributed by atoms with Crippen molar-refractivity contribution in [2.24, 2.45) is 0 Å². The summed E-state index contributed by atoms with van der Waals surface area (Å²) in [5.41, 5.74) is 4.20. The number of nitrogens with one attached hydrogen (secondary N) is 1. The normalized spacial score (nSPS) is 12.6. The van der Waals surface area contributed by atoms with E-state index in [0.29, 0.717) is 17.7 Å². The molecule has 7 heteroatoms. The maximum absolute atomic E-state index is 12.6. The van der Waals surface area contributed by atoms with Gasteiger partial charge in [0, 0.05) is 20.5 Å². The van der Waals surface area contributed by atoms with Gasteiger partial charge in [0.15, 0.2) is 0 Å². The van der Waals surface area contributed by atoms with Crippen LogP contribution in [0.15, 0.2) is 41.3 Å². The summed E-state index contributed by atoms with van der Waals surface area (Å²) in [6.07, 6.45) is 1.41. The fourth-order valence-corrected chi connectivity index (χ4v) is 4.19. The van der Waals surface area contributed by atoms with Gasteiger partial charge in [-0.1, -0.05) is 25.1 Å². The van der Waals surface area contributed by atoms with Gasteiger partial charge in [0.05, 0.1) is 18.0 Å². The van der Waals surface area contributed by atoms with E-state index in [1.165, 1.54) is 42.7 Å². The van der Waals surface area contributed by atoms with Crippen LogP contribution in [0, 0.1) is 13.8 Å². The maximum atomic E-state index is 12.6. The molecule has 0 fully saturated rings. The Hall–Kier alpha value is -2.38. The van der Waals surface area contributed by atoms with Gasteiger partial charge >= 0.3 is 0 Å². The fraction of sp³-hybridized carbons (Fsp3) is 0.435. The van der Waals surface area contributed by atoms with Gasteiger partial charge in [-0.25, -0.2) is 12.7 Å². The number of rotatable bonds is 9. The van der Waals surface area contributed by atoms with Crippen LogP contribution in [0.4, 0.5) is 0 Å². The summed E-state index contributed by atoms with van der Waals surface area (Å²) in [6, 6.07) is 10.9. The molecule has 2 aromatic rings. The summed E-state index contributed by atoms with van der Waals surface area (Å²) >= 11 is 0. The Morgan fingerprint density at radius 3 is 2.37 bits per heavy atom. The molecule has 0 aromatic heterocycles. The zero-order valence-electron chi connectivity index (χ0n) is 18.7. The molecule has 0 aliphatic heterocycles. The SMILES string of the molecule is CC[C@@H](NC(=O)CCc1cc(S(=O)(=O)N(C)C)ccc1OC)c1ccc(C)c(C)c1. The van der Waals surface area contributed by atoms with Gasteiger partial charge in [-0.3, -0.25) is 4.79 Å². The molecule has 0 aliphatic carbocycles. The minimum absolute atomic E-state index is 0.0563. The predicted molar refractivity (Wildman–Crippen MR) is 119 cm³/mol. The molecule has 0 heterocycles. The van der Waals surface area contributed by atoms with Crippen molar-refractivity contribution < 1.29 is 17.9 Å². The minimum Gasteiger partial charge on any atom is -0.496 e. The van der Waals surface area contributed by atoms with Crippen LogP contribution in [0.5, 0.6) is 5.75 Å². The molecular formula is C23H32N2O4S. The molecule has 0 saturated carbocycles. The number of benzene rings is 2. The molecule has 1 atom stereocenters. The van der Waals surface area contributed by atoms with Gasteiger partial charge in [0.2, 0.25) is 15.9 Å². The quantitative estimate of drug-likeness (QED) is 0.655. The van der Waals surface area contributed by atoms with Crippen molar-refractivity contribution in [2.45, 2.75) is 51.0 Å². The molecular weight excluding hydrogens is 400 g/mol. The maximum Gasteiger partial charge on any atom is 0.242 e. The summed E-state index contributed by atoms with van der Waals surface area (Å²) in [4.78, 5) is 12.8. The molecule has 164 valence electrons. The first-order chi connectivity index (χ1) is 14.1. The zero-order valence-corrected chi connectivity index (χ0v) is 19.5. The Kier molecular flexibility index (Phi) is 8.03. The Labute approximate surface area is 180 Å².